The lowest BCUT2D eigenvalue weighted by molar-refractivity contribution is 0.309. The minimum absolute atomic E-state index is 0. The van der Waals surface area contributed by atoms with Crippen LogP contribution >= 0.6 is 12.4 Å². The zero-order chi connectivity index (χ0) is 13.3. The number of piperazine rings is 1. The summed E-state index contributed by atoms with van der Waals surface area (Å²) >= 11 is 0. The number of halogens is 3. The highest BCUT2D eigenvalue weighted by molar-refractivity contribution is 7.89. The molecule has 0 bridgehead atoms. The molecule has 1 aliphatic rings. The Hall–Kier alpha value is -0.760. The van der Waals surface area contributed by atoms with Gasteiger partial charge in [0.15, 0.2) is 0 Å². The molecule has 1 heterocycles. The fourth-order valence-electron chi connectivity index (χ4n) is 1.93. The van der Waals surface area contributed by atoms with Crippen LogP contribution in [0.15, 0.2) is 23.1 Å². The number of benzene rings is 1. The summed E-state index contributed by atoms with van der Waals surface area (Å²) in [6.45, 7) is 2.84. The maximum absolute atomic E-state index is 13.5. The van der Waals surface area contributed by atoms with Gasteiger partial charge in [-0.15, -0.1) is 12.4 Å². The van der Waals surface area contributed by atoms with Crippen LogP contribution in [-0.4, -0.2) is 38.4 Å². The molecular weight excluding hydrogens is 298 g/mol. The van der Waals surface area contributed by atoms with E-state index in [4.69, 9.17) is 0 Å². The minimum atomic E-state index is -3.97. The molecule has 0 saturated carbocycles. The Balaban J connectivity index is 0.00000180. The molecule has 0 aromatic heterocycles. The predicted octanol–water partition coefficient (Wildman–Crippen LogP) is 1.37. The second kappa shape index (κ2) is 6.13. The Morgan fingerprint density at radius 1 is 1.37 bits per heavy atom. The molecule has 0 radical (unpaired) electrons. The molecule has 2 rings (SSSR count). The molecule has 8 heteroatoms. The number of sulfonamides is 1. The molecule has 0 aliphatic carbocycles. The predicted molar refractivity (Wildman–Crippen MR) is 69.8 cm³/mol. The van der Waals surface area contributed by atoms with E-state index in [9.17, 15) is 17.2 Å². The molecule has 1 saturated heterocycles. The van der Waals surface area contributed by atoms with Crippen molar-refractivity contribution >= 4 is 22.4 Å². The first-order valence-corrected chi connectivity index (χ1v) is 7.04. The maximum Gasteiger partial charge on any atom is 0.246 e. The molecule has 0 amide bonds. The monoisotopic (exact) mass is 312 g/mol. The fourth-order valence-corrected chi connectivity index (χ4v) is 3.53. The summed E-state index contributed by atoms with van der Waals surface area (Å²) in [4.78, 5) is -0.600. The molecular formula is C11H15ClF2N2O2S. The van der Waals surface area contributed by atoms with Crippen molar-refractivity contribution in [3.63, 3.8) is 0 Å². The minimum Gasteiger partial charge on any atom is -0.312 e. The molecule has 4 nitrogen and oxygen atoms in total. The van der Waals surface area contributed by atoms with Gasteiger partial charge in [-0.1, -0.05) is 0 Å². The van der Waals surface area contributed by atoms with Crippen LogP contribution in [0.2, 0.25) is 0 Å². The normalized spacial score (nSPS) is 20.9. The highest BCUT2D eigenvalue weighted by Gasteiger charge is 2.30. The van der Waals surface area contributed by atoms with Gasteiger partial charge in [-0.3, -0.25) is 0 Å². The van der Waals surface area contributed by atoms with Gasteiger partial charge in [0, 0.05) is 25.7 Å². The third kappa shape index (κ3) is 3.42. The molecule has 108 valence electrons. The van der Waals surface area contributed by atoms with E-state index in [0.717, 1.165) is 18.2 Å². The number of hydrogen-bond acceptors (Lipinski definition) is 3. The van der Waals surface area contributed by atoms with Crippen molar-refractivity contribution < 1.29 is 17.2 Å². The average Bonchev–Trinajstić information content (AvgIpc) is 2.32. The Kier molecular flexibility index (Phi) is 5.26. The van der Waals surface area contributed by atoms with E-state index in [1.54, 1.807) is 0 Å². The van der Waals surface area contributed by atoms with Crippen LogP contribution in [0.3, 0.4) is 0 Å². The van der Waals surface area contributed by atoms with Crippen molar-refractivity contribution in [2.75, 3.05) is 19.6 Å². The highest BCUT2D eigenvalue weighted by Crippen LogP contribution is 2.21. The molecule has 19 heavy (non-hydrogen) atoms. The lowest BCUT2D eigenvalue weighted by Crippen LogP contribution is -2.51. The highest BCUT2D eigenvalue weighted by atomic mass is 35.5. The summed E-state index contributed by atoms with van der Waals surface area (Å²) in [5.41, 5.74) is 0. The topological polar surface area (TPSA) is 49.4 Å². The van der Waals surface area contributed by atoms with Crippen molar-refractivity contribution in [3.05, 3.63) is 29.8 Å². The molecule has 1 fully saturated rings. The number of nitrogens with zero attached hydrogens (tertiary/aromatic N) is 1. The summed E-state index contributed by atoms with van der Waals surface area (Å²) < 4.78 is 52.2. The van der Waals surface area contributed by atoms with Crippen LogP contribution in [0, 0.1) is 11.6 Å². The van der Waals surface area contributed by atoms with Gasteiger partial charge in [0.25, 0.3) is 0 Å². The molecule has 1 atom stereocenters. The van der Waals surface area contributed by atoms with E-state index in [2.05, 4.69) is 5.32 Å². The van der Waals surface area contributed by atoms with Crippen molar-refractivity contribution in [2.45, 2.75) is 17.9 Å². The van der Waals surface area contributed by atoms with Crippen LogP contribution in [0.25, 0.3) is 0 Å². The second-order valence-corrected chi connectivity index (χ2v) is 6.20. The quantitative estimate of drug-likeness (QED) is 0.897. The molecule has 1 aromatic rings. The van der Waals surface area contributed by atoms with Crippen LogP contribution in [0.1, 0.15) is 6.92 Å². The number of hydrogen-bond donors (Lipinski definition) is 1. The maximum atomic E-state index is 13.5. The Bertz CT molecular complexity index is 554. The summed E-state index contributed by atoms with van der Waals surface area (Å²) in [6.07, 6.45) is 0. The van der Waals surface area contributed by atoms with E-state index < -0.39 is 26.6 Å². The third-order valence-electron chi connectivity index (χ3n) is 2.84. The van der Waals surface area contributed by atoms with Gasteiger partial charge in [0.05, 0.1) is 0 Å². The fraction of sp³-hybridized carbons (Fsp3) is 0.455. The van der Waals surface area contributed by atoms with Gasteiger partial charge in [-0.2, -0.15) is 4.31 Å². The van der Waals surface area contributed by atoms with Gasteiger partial charge in [-0.25, -0.2) is 17.2 Å². The summed E-state index contributed by atoms with van der Waals surface area (Å²) in [7, 11) is -3.97. The van der Waals surface area contributed by atoms with Crippen molar-refractivity contribution in [1.29, 1.82) is 0 Å². The van der Waals surface area contributed by atoms with Gasteiger partial charge in [0.2, 0.25) is 10.0 Å². The molecule has 0 spiro atoms. The van der Waals surface area contributed by atoms with Crippen LogP contribution < -0.4 is 5.32 Å². The van der Waals surface area contributed by atoms with Crippen molar-refractivity contribution in [1.82, 2.24) is 9.62 Å². The van der Waals surface area contributed by atoms with Crippen molar-refractivity contribution in [3.8, 4) is 0 Å². The molecule has 1 aliphatic heterocycles. The van der Waals surface area contributed by atoms with Crippen LogP contribution in [0.4, 0.5) is 8.78 Å². The second-order valence-electron chi connectivity index (χ2n) is 4.29. The molecule has 1 unspecified atom stereocenters. The van der Waals surface area contributed by atoms with Crippen LogP contribution in [-0.2, 0) is 10.0 Å². The summed E-state index contributed by atoms with van der Waals surface area (Å²) in [5.74, 6) is -1.69. The first-order chi connectivity index (χ1) is 8.41. The zero-order valence-corrected chi connectivity index (χ0v) is 11.9. The lowest BCUT2D eigenvalue weighted by atomic mass is 10.3. The third-order valence-corrected chi connectivity index (χ3v) is 4.72. The Morgan fingerprint density at radius 3 is 2.68 bits per heavy atom. The average molecular weight is 313 g/mol. The van der Waals surface area contributed by atoms with Gasteiger partial charge < -0.3 is 5.32 Å². The molecule has 1 aromatic carbocycles. The first kappa shape index (κ1) is 16.3. The first-order valence-electron chi connectivity index (χ1n) is 5.60. The van der Waals surface area contributed by atoms with E-state index in [0.29, 0.717) is 6.54 Å². The van der Waals surface area contributed by atoms with E-state index in [1.807, 2.05) is 6.92 Å². The van der Waals surface area contributed by atoms with E-state index >= 15 is 0 Å². The van der Waals surface area contributed by atoms with Gasteiger partial charge >= 0.3 is 0 Å². The van der Waals surface area contributed by atoms with E-state index in [1.165, 1.54) is 4.31 Å². The SMILES string of the molecule is CC1CN(S(=O)(=O)c2cc(F)ccc2F)CCN1.Cl. The van der Waals surface area contributed by atoms with Crippen LogP contribution in [0.5, 0.6) is 0 Å². The lowest BCUT2D eigenvalue weighted by Gasteiger charge is -2.31. The number of rotatable bonds is 2. The van der Waals surface area contributed by atoms with Gasteiger partial charge in [-0.05, 0) is 25.1 Å². The van der Waals surface area contributed by atoms with Gasteiger partial charge in [0.1, 0.15) is 16.5 Å². The van der Waals surface area contributed by atoms with E-state index in [-0.39, 0.29) is 31.5 Å². The molecule has 1 N–H and O–H groups in total. The Morgan fingerprint density at radius 2 is 2.05 bits per heavy atom. The zero-order valence-electron chi connectivity index (χ0n) is 10.3. The number of nitrogens with one attached hydrogen (secondary N) is 1. The smallest absolute Gasteiger partial charge is 0.246 e. The van der Waals surface area contributed by atoms with Crippen molar-refractivity contribution in [2.24, 2.45) is 0 Å². The summed E-state index contributed by atoms with van der Waals surface area (Å²) in [5, 5.41) is 3.09. The standard InChI is InChI=1S/C11H14F2N2O2S.ClH/c1-8-7-15(5-4-14-8)18(16,17)11-6-9(12)2-3-10(11)13;/h2-3,6,8,14H,4-5,7H2,1H3;1H. The Labute approximate surface area is 117 Å². The summed E-state index contributed by atoms with van der Waals surface area (Å²) in [6, 6.07) is 2.44. The largest absolute Gasteiger partial charge is 0.312 e.